The van der Waals surface area contributed by atoms with E-state index in [1.807, 2.05) is 24.3 Å². The highest BCUT2D eigenvalue weighted by molar-refractivity contribution is 6.42. The Kier molecular flexibility index (Phi) is 5.44. The average molecular weight is 439 g/mol. The normalized spacial score (nSPS) is 11.3. The number of rotatable bonds is 4. The lowest BCUT2D eigenvalue weighted by Crippen LogP contribution is -1.99. The summed E-state index contributed by atoms with van der Waals surface area (Å²) < 4.78 is 0. The molecule has 30 heavy (non-hydrogen) atoms. The monoisotopic (exact) mass is 438 g/mol. The predicted octanol–water partition coefficient (Wildman–Crippen LogP) is 5.77. The van der Waals surface area contributed by atoms with E-state index in [1.165, 1.54) is 12.3 Å². The molecule has 4 rings (SSSR count). The van der Waals surface area contributed by atoms with E-state index in [2.05, 4.69) is 20.5 Å². The lowest BCUT2D eigenvalue weighted by molar-refractivity contribution is 0.442. The number of phenols is 2. The lowest BCUT2D eigenvalue weighted by Gasteiger charge is -2.09. The fraction of sp³-hybridized carbons (Fsp3) is 0.0455. The summed E-state index contributed by atoms with van der Waals surface area (Å²) in [5.41, 5.74) is 5.21. The van der Waals surface area contributed by atoms with Crippen molar-refractivity contribution in [2.24, 2.45) is 5.10 Å². The van der Waals surface area contributed by atoms with Gasteiger partial charge in [0, 0.05) is 22.1 Å². The van der Waals surface area contributed by atoms with Crippen LogP contribution in [0.1, 0.15) is 11.1 Å². The molecule has 1 aromatic heterocycles. The topological polar surface area (TPSA) is 90.6 Å². The zero-order valence-electron chi connectivity index (χ0n) is 15.8. The first-order valence-electron chi connectivity index (χ1n) is 8.97. The number of halogens is 2. The number of nitrogens with zero attached hydrogens (tertiary/aromatic N) is 3. The fourth-order valence-corrected chi connectivity index (χ4v) is 3.20. The van der Waals surface area contributed by atoms with Gasteiger partial charge < -0.3 is 10.2 Å². The fourth-order valence-electron chi connectivity index (χ4n) is 2.90. The van der Waals surface area contributed by atoms with Crippen LogP contribution >= 0.6 is 23.2 Å². The Hall–Kier alpha value is -3.35. The van der Waals surface area contributed by atoms with Gasteiger partial charge in [-0.05, 0) is 49.4 Å². The van der Waals surface area contributed by atoms with E-state index in [4.69, 9.17) is 23.2 Å². The lowest BCUT2D eigenvalue weighted by atomic mass is 10.1. The van der Waals surface area contributed by atoms with Crippen molar-refractivity contribution in [3.05, 3.63) is 75.8 Å². The molecular formula is C22H16Cl2N4O2. The van der Waals surface area contributed by atoms with Crippen molar-refractivity contribution in [3.63, 3.8) is 0 Å². The van der Waals surface area contributed by atoms with E-state index in [0.717, 1.165) is 10.9 Å². The summed E-state index contributed by atoms with van der Waals surface area (Å²) >= 11 is 12.2. The van der Waals surface area contributed by atoms with Crippen LogP contribution in [-0.4, -0.2) is 26.4 Å². The van der Waals surface area contributed by atoms with Crippen LogP contribution in [0.25, 0.3) is 22.3 Å². The van der Waals surface area contributed by atoms with E-state index in [1.54, 1.807) is 31.2 Å². The zero-order valence-corrected chi connectivity index (χ0v) is 17.3. The molecule has 0 amide bonds. The van der Waals surface area contributed by atoms with Crippen molar-refractivity contribution in [2.45, 2.75) is 6.92 Å². The first-order chi connectivity index (χ1) is 14.4. The first-order valence-corrected chi connectivity index (χ1v) is 9.72. The highest BCUT2D eigenvalue weighted by atomic mass is 35.5. The van der Waals surface area contributed by atoms with Gasteiger partial charge in [-0.25, -0.2) is 9.97 Å². The second kappa shape index (κ2) is 8.18. The Morgan fingerprint density at radius 2 is 1.77 bits per heavy atom. The molecular weight excluding hydrogens is 423 g/mol. The van der Waals surface area contributed by atoms with Crippen molar-refractivity contribution in [3.8, 4) is 22.9 Å². The largest absolute Gasteiger partial charge is 0.508 e. The maximum absolute atomic E-state index is 10.2. The summed E-state index contributed by atoms with van der Waals surface area (Å²) in [7, 11) is 0. The van der Waals surface area contributed by atoms with Crippen LogP contribution in [-0.2, 0) is 0 Å². The van der Waals surface area contributed by atoms with Crippen LogP contribution in [0.2, 0.25) is 10.0 Å². The maximum Gasteiger partial charge on any atom is 0.162 e. The van der Waals surface area contributed by atoms with E-state index in [-0.39, 0.29) is 11.5 Å². The van der Waals surface area contributed by atoms with Crippen LogP contribution in [0.5, 0.6) is 11.5 Å². The standard InChI is InChI=1S/C22H16Cl2N4O2/c1-12-19(29)9-7-14(20(12)30)11-25-28-22-15-4-2-3-5-18(15)26-21(27-22)13-6-8-16(23)17(24)10-13/h2-11,29-30H,1H3,(H,26,27,28). The minimum absolute atomic E-state index is 0.0191. The SMILES string of the molecule is Cc1c(O)ccc(C=NNc2nc(-c3ccc(Cl)c(Cl)c3)nc3ccccc23)c1O. The third-order valence-electron chi connectivity index (χ3n) is 4.59. The summed E-state index contributed by atoms with van der Waals surface area (Å²) in [4.78, 5) is 9.19. The summed E-state index contributed by atoms with van der Waals surface area (Å²) in [5.74, 6) is 0.941. The van der Waals surface area contributed by atoms with E-state index < -0.39 is 0 Å². The van der Waals surface area contributed by atoms with Gasteiger partial charge in [0.2, 0.25) is 0 Å². The molecule has 6 nitrogen and oxygen atoms in total. The minimum atomic E-state index is -0.0374. The van der Waals surface area contributed by atoms with Gasteiger partial charge in [-0.2, -0.15) is 5.10 Å². The van der Waals surface area contributed by atoms with E-state index in [0.29, 0.717) is 38.4 Å². The number of fused-ring (bicyclic) bond motifs is 1. The van der Waals surface area contributed by atoms with Gasteiger partial charge in [0.25, 0.3) is 0 Å². The van der Waals surface area contributed by atoms with Crippen molar-refractivity contribution < 1.29 is 10.2 Å². The molecule has 0 fully saturated rings. The average Bonchev–Trinajstić information content (AvgIpc) is 2.75. The molecule has 0 aliphatic carbocycles. The molecule has 0 bridgehead atoms. The van der Waals surface area contributed by atoms with Crippen molar-refractivity contribution >= 4 is 46.1 Å². The Morgan fingerprint density at radius 3 is 2.57 bits per heavy atom. The Balaban J connectivity index is 1.73. The second-order valence-corrected chi connectivity index (χ2v) is 7.37. The number of benzene rings is 3. The van der Waals surface area contributed by atoms with Gasteiger partial charge in [-0.15, -0.1) is 0 Å². The third-order valence-corrected chi connectivity index (χ3v) is 5.33. The highest BCUT2D eigenvalue weighted by Crippen LogP contribution is 2.30. The van der Waals surface area contributed by atoms with Crippen molar-refractivity contribution in [2.75, 3.05) is 5.43 Å². The van der Waals surface area contributed by atoms with E-state index in [9.17, 15) is 10.2 Å². The molecule has 4 aromatic rings. The van der Waals surface area contributed by atoms with Gasteiger partial charge in [0.05, 0.1) is 21.8 Å². The smallest absolute Gasteiger partial charge is 0.162 e. The highest BCUT2D eigenvalue weighted by Gasteiger charge is 2.11. The van der Waals surface area contributed by atoms with Crippen LogP contribution in [0.15, 0.2) is 59.7 Å². The van der Waals surface area contributed by atoms with Gasteiger partial charge in [-0.3, -0.25) is 5.43 Å². The molecule has 0 atom stereocenters. The molecule has 0 saturated carbocycles. The molecule has 0 aliphatic rings. The summed E-state index contributed by atoms with van der Waals surface area (Å²) in [6, 6.07) is 15.8. The zero-order chi connectivity index (χ0) is 21.3. The van der Waals surface area contributed by atoms with Gasteiger partial charge in [-0.1, -0.05) is 35.3 Å². The number of para-hydroxylation sites is 1. The molecule has 0 spiro atoms. The third kappa shape index (κ3) is 3.87. The molecule has 0 saturated heterocycles. The number of hydrogen-bond acceptors (Lipinski definition) is 6. The summed E-state index contributed by atoms with van der Waals surface area (Å²) in [5, 5.41) is 25.7. The molecule has 8 heteroatoms. The molecule has 150 valence electrons. The predicted molar refractivity (Wildman–Crippen MR) is 121 cm³/mol. The Morgan fingerprint density at radius 1 is 0.967 bits per heavy atom. The number of hydrazone groups is 1. The van der Waals surface area contributed by atoms with Crippen LogP contribution in [0.3, 0.4) is 0 Å². The number of anilines is 1. The number of aromatic nitrogens is 2. The number of phenolic OH excluding ortho intramolecular Hbond substituents is 2. The Bertz CT molecular complexity index is 1290. The first kappa shape index (κ1) is 19.9. The Labute approximate surface area is 182 Å². The molecule has 3 aromatic carbocycles. The van der Waals surface area contributed by atoms with E-state index >= 15 is 0 Å². The summed E-state index contributed by atoms with van der Waals surface area (Å²) in [6.45, 7) is 1.62. The number of hydrogen-bond donors (Lipinski definition) is 3. The van der Waals surface area contributed by atoms with Crippen LogP contribution < -0.4 is 5.43 Å². The van der Waals surface area contributed by atoms with Crippen LogP contribution in [0.4, 0.5) is 5.82 Å². The van der Waals surface area contributed by atoms with Gasteiger partial charge in [0.15, 0.2) is 11.6 Å². The molecule has 0 unspecified atom stereocenters. The van der Waals surface area contributed by atoms with Gasteiger partial charge in [0.1, 0.15) is 11.5 Å². The molecule has 1 heterocycles. The molecule has 0 radical (unpaired) electrons. The molecule has 3 N–H and O–H groups in total. The number of aromatic hydroxyl groups is 2. The van der Waals surface area contributed by atoms with Crippen molar-refractivity contribution in [1.82, 2.24) is 9.97 Å². The second-order valence-electron chi connectivity index (χ2n) is 6.56. The summed E-state index contributed by atoms with van der Waals surface area (Å²) in [6.07, 6.45) is 1.46. The van der Waals surface area contributed by atoms with Crippen LogP contribution in [0, 0.1) is 6.92 Å². The minimum Gasteiger partial charge on any atom is -0.508 e. The quantitative estimate of drug-likeness (QED) is 0.278. The van der Waals surface area contributed by atoms with Crippen molar-refractivity contribution in [1.29, 1.82) is 0 Å². The number of nitrogens with one attached hydrogen (secondary N) is 1. The maximum atomic E-state index is 10.2. The molecule has 0 aliphatic heterocycles. The van der Waals surface area contributed by atoms with Gasteiger partial charge >= 0.3 is 0 Å².